The minimum Gasteiger partial charge on any atom is -0.349 e. The van der Waals surface area contributed by atoms with Crippen molar-refractivity contribution in [3.8, 4) is 0 Å². The Kier molecular flexibility index (Phi) is 7.37. The molecule has 2 aromatic rings. The Hall–Kier alpha value is -1.95. The van der Waals surface area contributed by atoms with Crippen molar-refractivity contribution in [2.24, 2.45) is 0 Å². The summed E-state index contributed by atoms with van der Waals surface area (Å²) in [7, 11) is 0. The maximum atomic E-state index is 12.4. The molecule has 0 unspecified atom stereocenters. The fourth-order valence-corrected chi connectivity index (χ4v) is 3.80. The third kappa shape index (κ3) is 5.26. The molecule has 1 heterocycles. The number of carbonyl (C=O) groups excluding carboxylic acids is 1. The van der Waals surface area contributed by atoms with Crippen LogP contribution in [0, 0.1) is 0 Å². The predicted molar refractivity (Wildman–Crippen MR) is 107 cm³/mol. The second-order valence-corrected chi connectivity index (χ2v) is 7.05. The van der Waals surface area contributed by atoms with Gasteiger partial charge in [-0.2, -0.15) is 4.98 Å². The summed E-state index contributed by atoms with van der Waals surface area (Å²) in [6.45, 7) is 7.88. The molecule has 1 aromatic heterocycles. The number of aromatic nitrogens is 1. The van der Waals surface area contributed by atoms with Gasteiger partial charge in [0.1, 0.15) is 0 Å². The van der Waals surface area contributed by atoms with Gasteiger partial charge in [0, 0.05) is 29.9 Å². The lowest BCUT2D eigenvalue weighted by Crippen LogP contribution is -2.24. The van der Waals surface area contributed by atoms with E-state index in [2.05, 4.69) is 22.1 Å². The van der Waals surface area contributed by atoms with E-state index in [-0.39, 0.29) is 11.5 Å². The number of nitrogens with zero attached hydrogens (tertiary/aromatic N) is 2. The molecule has 1 amide bonds. The zero-order valence-electron chi connectivity index (χ0n) is 15.3. The van der Waals surface area contributed by atoms with Gasteiger partial charge >= 0.3 is 0 Å². The van der Waals surface area contributed by atoms with E-state index in [0.29, 0.717) is 17.5 Å². The Balaban J connectivity index is 2.14. The Labute approximate surface area is 153 Å². The Morgan fingerprint density at radius 2 is 1.92 bits per heavy atom. The average Bonchev–Trinajstić information content (AvgIpc) is 2.60. The van der Waals surface area contributed by atoms with Crippen LogP contribution in [0.3, 0.4) is 0 Å². The quantitative estimate of drug-likeness (QED) is 0.672. The van der Waals surface area contributed by atoms with Crippen molar-refractivity contribution in [3.63, 3.8) is 0 Å². The van der Waals surface area contributed by atoms with Crippen LogP contribution in [-0.4, -0.2) is 24.0 Å². The van der Waals surface area contributed by atoms with Crippen molar-refractivity contribution in [2.45, 2.75) is 52.9 Å². The predicted octanol–water partition coefficient (Wildman–Crippen LogP) is 4.41. The second kappa shape index (κ2) is 9.51. The molecule has 0 aliphatic heterocycles. The van der Waals surface area contributed by atoms with Crippen molar-refractivity contribution in [1.82, 2.24) is 4.98 Å². The van der Waals surface area contributed by atoms with Crippen molar-refractivity contribution in [3.05, 3.63) is 28.6 Å². The molecule has 136 valence electrons. The highest BCUT2D eigenvalue weighted by molar-refractivity contribution is 7.21. The highest BCUT2D eigenvalue weighted by atomic mass is 32.1. The molecule has 0 spiro atoms. The van der Waals surface area contributed by atoms with Crippen molar-refractivity contribution >= 4 is 38.1 Å². The zero-order chi connectivity index (χ0) is 18.2. The van der Waals surface area contributed by atoms with Gasteiger partial charge in [0.05, 0.1) is 5.39 Å². The summed E-state index contributed by atoms with van der Waals surface area (Å²) in [6, 6.07) is 5.48. The van der Waals surface area contributed by atoms with Crippen LogP contribution in [0.1, 0.15) is 52.9 Å². The van der Waals surface area contributed by atoms with Gasteiger partial charge in [0.15, 0.2) is 5.13 Å². The Morgan fingerprint density at radius 1 is 1.16 bits per heavy atom. The molecule has 2 rings (SSSR count). The van der Waals surface area contributed by atoms with Gasteiger partial charge in [-0.25, -0.2) is 0 Å². The molecule has 0 bridgehead atoms. The maximum Gasteiger partial charge on any atom is 0.281 e. The second-order valence-electron chi connectivity index (χ2n) is 6.04. The summed E-state index contributed by atoms with van der Waals surface area (Å²) in [6.07, 6.45) is 4.81. The van der Waals surface area contributed by atoms with Crippen LogP contribution in [0.5, 0.6) is 0 Å². The van der Waals surface area contributed by atoms with Crippen LogP contribution >= 0.6 is 11.3 Å². The third-order valence-corrected chi connectivity index (χ3v) is 5.29. The molecule has 1 N–H and O–H groups in total. The first-order valence-corrected chi connectivity index (χ1v) is 9.90. The van der Waals surface area contributed by atoms with Gasteiger partial charge < -0.3 is 10.2 Å². The lowest BCUT2D eigenvalue weighted by Gasteiger charge is -2.18. The summed E-state index contributed by atoms with van der Waals surface area (Å²) in [5, 5.41) is 4.19. The number of anilines is 2. The van der Waals surface area contributed by atoms with E-state index in [4.69, 9.17) is 0 Å². The number of rotatable bonds is 9. The minimum absolute atomic E-state index is 0.000652. The van der Waals surface area contributed by atoms with E-state index < -0.39 is 0 Å². The highest BCUT2D eigenvalue weighted by Crippen LogP contribution is 2.26. The number of hydrogen-bond donors (Lipinski definition) is 1. The highest BCUT2D eigenvalue weighted by Gasteiger charge is 2.11. The van der Waals surface area contributed by atoms with E-state index in [0.717, 1.165) is 48.6 Å². The lowest BCUT2D eigenvalue weighted by atomic mass is 10.1. The SMILES string of the molecule is CCCCCCC(=O)Nc1ccc2sc(N(CC)CC)nc(=O)c2c1. The normalized spacial score (nSPS) is 10.8. The van der Waals surface area contributed by atoms with Crippen LogP contribution in [-0.2, 0) is 4.79 Å². The molecule has 0 fully saturated rings. The van der Waals surface area contributed by atoms with Crippen molar-refractivity contribution < 1.29 is 4.79 Å². The number of nitrogens with one attached hydrogen (secondary N) is 1. The zero-order valence-corrected chi connectivity index (χ0v) is 16.1. The average molecular weight is 362 g/mol. The summed E-state index contributed by atoms with van der Waals surface area (Å²) < 4.78 is 0.892. The molecule has 0 saturated heterocycles. The molecule has 25 heavy (non-hydrogen) atoms. The first-order chi connectivity index (χ1) is 12.1. The van der Waals surface area contributed by atoms with Gasteiger partial charge in [-0.15, -0.1) is 0 Å². The smallest absolute Gasteiger partial charge is 0.281 e. The summed E-state index contributed by atoms with van der Waals surface area (Å²) in [5.74, 6) is -0.000652. The minimum atomic E-state index is -0.241. The van der Waals surface area contributed by atoms with Crippen LogP contribution in [0.2, 0.25) is 0 Å². The molecular formula is C19H27N3O2S. The number of unbranched alkanes of at least 4 members (excludes halogenated alkanes) is 3. The van der Waals surface area contributed by atoms with E-state index in [1.807, 2.05) is 26.0 Å². The first-order valence-electron chi connectivity index (χ1n) is 9.08. The number of fused-ring (bicyclic) bond motifs is 1. The van der Waals surface area contributed by atoms with Crippen LogP contribution in [0.15, 0.2) is 23.0 Å². The number of carbonyl (C=O) groups is 1. The molecule has 0 aliphatic carbocycles. The van der Waals surface area contributed by atoms with Gasteiger partial charge in [-0.1, -0.05) is 37.5 Å². The molecule has 0 aliphatic rings. The van der Waals surface area contributed by atoms with Gasteiger partial charge in [-0.05, 0) is 38.5 Å². The maximum absolute atomic E-state index is 12.4. The summed E-state index contributed by atoms with van der Waals surface area (Å²) in [5.41, 5.74) is 0.421. The van der Waals surface area contributed by atoms with Gasteiger partial charge in [0.25, 0.3) is 5.56 Å². The molecule has 6 heteroatoms. The number of benzene rings is 1. The standard InChI is InChI=1S/C19H27N3O2S/c1-4-7-8-9-10-17(23)20-14-11-12-16-15(13-14)18(24)21-19(25-16)22(5-2)6-3/h11-13H,4-10H2,1-3H3,(H,20,23). The number of amides is 1. The Bertz CT molecular complexity index is 769. The van der Waals surface area contributed by atoms with Crippen LogP contribution < -0.4 is 15.8 Å². The van der Waals surface area contributed by atoms with Crippen LogP contribution in [0.25, 0.3) is 10.1 Å². The molecule has 5 nitrogen and oxygen atoms in total. The van der Waals surface area contributed by atoms with Gasteiger partial charge in [0.2, 0.25) is 5.91 Å². The largest absolute Gasteiger partial charge is 0.349 e. The van der Waals surface area contributed by atoms with E-state index in [1.54, 1.807) is 6.07 Å². The summed E-state index contributed by atoms with van der Waals surface area (Å²) >= 11 is 1.51. The molecule has 0 atom stereocenters. The number of hydrogen-bond acceptors (Lipinski definition) is 5. The van der Waals surface area contributed by atoms with Crippen LogP contribution in [0.4, 0.5) is 10.8 Å². The van der Waals surface area contributed by atoms with E-state index >= 15 is 0 Å². The van der Waals surface area contributed by atoms with E-state index in [9.17, 15) is 9.59 Å². The fourth-order valence-electron chi connectivity index (χ4n) is 2.70. The monoisotopic (exact) mass is 361 g/mol. The Morgan fingerprint density at radius 3 is 2.60 bits per heavy atom. The van der Waals surface area contributed by atoms with Crippen molar-refractivity contribution in [2.75, 3.05) is 23.3 Å². The lowest BCUT2D eigenvalue weighted by molar-refractivity contribution is -0.116. The fraction of sp³-hybridized carbons (Fsp3) is 0.526. The topological polar surface area (TPSA) is 62.3 Å². The molecular weight excluding hydrogens is 334 g/mol. The molecule has 1 aromatic carbocycles. The van der Waals surface area contributed by atoms with E-state index in [1.165, 1.54) is 11.3 Å². The molecule has 0 radical (unpaired) electrons. The first kappa shape index (κ1) is 19.4. The summed E-state index contributed by atoms with van der Waals surface area (Å²) in [4.78, 5) is 30.7. The molecule has 0 saturated carbocycles. The van der Waals surface area contributed by atoms with Gasteiger partial charge in [-0.3, -0.25) is 9.59 Å². The third-order valence-electron chi connectivity index (χ3n) is 4.18. The van der Waals surface area contributed by atoms with Crippen molar-refractivity contribution in [1.29, 1.82) is 0 Å².